The number of ether oxygens (including phenoxy) is 3. The van der Waals surface area contributed by atoms with Crippen LogP contribution < -0.4 is 10.2 Å². The van der Waals surface area contributed by atoms with Gasteiger partial charge >= 0.3 is 6.09 Å². The summed E-state index contributed by atoms with van der Waals surface area (Å²) in [6, 6.07) is 8.24. The predicted octanol–water partition coefficient (Wildman–Crippen LogP) is 2.45. The van der Waals surface area contributed by atoms with Gasteiger partial charge < -0.3 is 19.5 Å². The van der Waals surface area contributed by atoms with Crippen molar-refractivity contribution < 1.29 is 19.0 Å². The fourth-order valence-electron chi connectivity index (χ4n) is 2.91. The van der Waals surface area contributed by atoms with E-state index in [0.717, 1.165) is 18.7 Å². The molecule has 0 aliphatic carbocycles. The van der Waals surface area contributed by atoms with E-state index in [-0.39, 0.29) is 12.1 Å². The van der Waals surface area contributed by atoms with Crippen molar-refractivity contribution in [1.82, 2.24) is 5.32 Å². The van der Waals surface area contributed by atoms with Gasteiger partial charge in [-0.3, -0.25) is 4.90 Å². The van der Waals surface area contributed by atoms with Crippen LogP contribution in [0, 0.1) is 0 Å². The second-order valence-electron chi connectivity index (χ2n) is 6.11. The Morgan fingerprint density at radius 2 is 1.91 bits per heavy atom. The number of hydrogen-bond donors (Lipinski definition) is 1. The van der Waals surface area contributed by atoms with Crippen molar-refractivity contribution in [2.45, 2.75) is 32.1 Å². The van der Waals surface area contributed by atoms with Crippen LogP contribution in [-0.2, 0) is 14.2 Å². The van der Waals surface area contributed by atoms with Gasteiger partial charge in [0.15, 0.2) is 5.79 Å². The highest BCUT2D eigenvalue weighted by atomic mass is 16.7. The molecule has 1 aromatic rings. The highest BCUT2D eigenvalue weighted by Gasteiger charge is 2.30. The Morgan fingerprint density at radius 1 is 1.22 bits per heavy atom. The van der Waals surface area contributed by atoms with Crippen LogP contribution in [0.25, 0.3) is 0 Å². The molecule has 6 heteroatoms. The van der Waals surface area contributed by atoms with Crippen LogP contribution in [0.3, 0.4) is 0 Å². The van der Waals surface area contributed by atoms with Gasteiger partial charge in [-0.05, 0) is 31.5 Å². The van der Waals surface area contributed by atoms with Gasteiger partial charge in [-0.1, -0.05) is 12.1 Å². The first-order valence-electron chi connectivity index (χ1n) is 8.13. The summed E-state index contributed by atoms with van der Waals surface area (Å²) in [5, 5.41) is 3.48. The van der Waals surface area contributed by atoms with Gasteiger partial charge in [0.2, 0.25) is 0 Å². The van der Waals surface area contributed by atoms with Gasteiger partial charge in [0, 0.05) is 24.7 Å². The van der Waals surface area contributed by atoms with Crippen molar-refractivity contribution in [2.24, 2.45) is 0 Å². The van der Waals surface area contributed by atoms with Crippen LogP contribution in [0.4, 0.5) is 10.5 Å². The number of hydrogen-bond acceptors (Lipinski definition) is 5. The number of carbonyl (C=O) groups excluding carboxylic acids is 1. The molecule has 0 radical (unpaired) electrons. The summed E-state index contributed by atoms with van der Waals surface area (Å²) >= 11 is 0. The topological polar surface area (TPSA) is 60.0 Å². The lowest BCUT2D eigenvalue weighted by Crippen LogP contribution is -2.32. The average Bonchev–Trinajstić information content (AvgIpc) is 3.16. The standard InChI is InChI=1S/C17H24N2O4/c1-13(18-8-7-17(2)22-11-12-23-17)14-3-5-15(6-4-14)19-9-10-21-16(19)20/h3-6,13,18H,7-12H2,1-2H3. The number of anilines is 1. The fourth-order valence-corrected chi connectivity index (χ4v) is 2.91. The lowest BCUT2D eigenvalue weighted by Gasteiger charge is -2.24. The van der Waals surface area contributed by atoms with Crippen molar-refractivity contribution >= 4 is 11.8 Å². The van der Waals surface area contributed by atoms with Gasteiger partial charge in [-0.25, -0.2) is 4.79 Å². The molecule has 6 nitrogen and oxygen atoms in total. The van der Waals surface area contributed by atoms with Crippen LogP contribution in [0.15, 0.2) is 24.3 Å². The maximum Gasteiger partial charge on any atom is 0.414 e. The van der Waals surface area contributed by atoms with Crippen LogP contribution in [0.1, 0.15) is 31.9 Å². The molecule has 23 heavy (non-hydrogen) atoms. The van der Waals surface area contributed by atoms with E-state index in [0.29, 0.717) is 26.4 Å². The second kappa shape index (κ2) is 6.86. The molecule has 2 aliphatic rings. The van der Waals surface area contributed by atoms with Crippen molar-refractivity contribution in [3.8, 4) is 0 Å². The van der Waals surface area contributed by atoms with Crippen molar-refractivity contribution in [3.63, 3.8) is 0 Å². The summed E-state index contributed by atoms with van der Waals surface area (Å²) in [6.45, 7) is 7.34. The molecule has 1 atom stereocenters. The first kappa shape index (κ1) is 16.2. The summed E-state index contributed by atoms with van der Waals surface area (Å²) in [5.74, 6) is -0.452. The van der Waals surface area contributed by atoms with Crippen molar-refractivity contribution in [1.29, 1.82) is 0 Å². The maximum atomic E-state index is 11.6. The van der Waals surface area contributed by atoms with E-state index in [1.165, 1.54) is 5.56 Å². The summed E-state index contributed by atoms with van der Waals surface area (Å²) in [6.07, 6.45) is 0.545. The molecule has 3 rings (SSSR count). The zero-order valence-electron chi connectivity index (χ0n) is 13.7. The third kappa shape index (κ3) is 3.83. The molecule has 1 unspecified atom stereocenters. The lowest BCUT2D eigenvalue weighted by molar-refractivity contribution is -0.145. The maximum absolute atomic E-state index is 11.6. The lowest BCUT2D eigenvalue weighted by atomic mass is 10.1. The van der Waals surface area contributed by atoms with Crippen molar-refractivity contribution in [2.75, 3.05) is 37.8 Å². The Bertz CT molecular complexity index is 540. The number of amides is 1. The van der Waals surface area contributed by atoms with Gasteiger partial charge in [-0.2, -0.15) is 0 Å². The zero-order valence-corrected chi connectivity index (χ0v) is 13.7. The predicted molar refractivity (Wildman–Crippen MR) is 86.5 cm³/mol. The number of nitrogens with zero attached hydrogens (tertiary/aromatic N) is 1. The Morgan fingerprint density at radius 3 is 2.52 bits per heavy atom. The third-order valence-corrected chi connectivity index (χ3v) is 4.39. The normalized spacial score (nSPS) is 21.5. The average molecular weight is 320 g/mol. The molecule has 2 aliphatic heterocycles. The number of carbonyl (C=O) groups is 1. The SMILES string of the molecule is CC(NCCC1(C)OCCO1)c1ccc(N2CCOC2=O)cc1. The number of nitrogens with one attached hydrogen (secondary N) is 1. The molecule has 0 aromatic heterocycles. The Labute approximate surface area is 136 Å². The largest absolute Gasteiger partial charge is 0.447 e. The van der Waals surface area contributed by atoms with Gasteiger partial charge in [-0.15, -0.1) is 0 Å². The van der Waals surface area contributed by atoms with Crippen LogP contribution in [-0.4, -0.2) is 44.8 Å². The van der Waals surface area contributed by atoms with Crippen LogP contribution >= 0.6 is 0 Å². The minimum Gasteiger partial charge on any atom is -0.447 e. The molecule has 126 valence electrons. The highest BCUT2D eigenvalue weighted by molar-refractivity contribution is 5.89. The Kier molecular flexibility index (Phi) is 4.84. The van der Waals surface area contributed by atoms with Gasteiger partial charge in [0.25, 0.3) is 0 Å². The zero-order chi connectivity index (χ0) is 16.3. The van der Waals surface area contributed by atoms with E-state index in [1.54, 1.807) is 4.90 Å². The molecular weight excluding hydrogens is 296 g/mol. The number of benzene rings is 1. The molecule has 0 spiro atoms. The Balaban J connectivity index is 1.51. The number of cyclic esters (lactones) is 1. The molecular formula is C17H24N2O4. The monoisotopic (exact) mass is 320 g/mol. The van der Waals surface area contributed by atoms with E-state index in [4.69, 9.17) is 14.2 Å². The van der Waals surface area contributed by atoms with Gasteiger partial charge in [0.05, 0.1) is 19.8 Å². The van der Waals surface area contributed by atoms with Crippen molar-refractivity contribution in [3.05, 3.63) is 29.8 Å². The smallest absolute Gasteiger partial charge is 0.414 e. The number of rotatable bonds is 6. The molecule has 1 N–H and O–H groups in total. The summed E-state index contributed by atoms with van der Waals surface area (Å²) in [7, 11) is 0. The van der Waals surface area contributed by atoms with E-state index in [9.17, 15) is 4.79 Å². The van der Waals surface area contributed by atoms with E-state index in [1.807, 2.05) is 31.2 Å². The van der Waals surface area contributed by atoms with Crippen LogP contribution in [0.2, 0.25) is 0 Å². The Hall–Kier alpha value is -1.63. The molecule has 1 aromatic carbocycles. The van der Waals surface area contributed by atoms with Crippen LogP contribution in [0.5, 0.6) is 0 Å². The summed E-state index contributed by atoms with van der Waals surface area (Å²) in [4.78, 5) is 13.2. The van der Waals surface area contributed by atoms with E-state index in [2.05, 4.69) is 12.2 Å². The van der Waals surface area contributed by atoms with E-state index >= 15 is 0 Å². The van der Waals surface area contributed by atoms with E-state index < -0.39 is 5.79 Å². The summed E-state index contributed by atoms with van der Waals surface area (Å²) < 4.78 is 16.2. The minimum absolute atomic E-state index is 0.222. The molecule has 0 saturated carbocycles. The quantitative estimate of drug-likeness (QED) is 0.872. The minimum atomic E-state index is -0.452. The molecule has 0 bridgehead atoms. The molecule has 2 saturated heterocycles. The summed E-state index contributed by atoms with van der Waals surface area (Å²) in [5.41, 5.74) is 2.06. The van der Waals surface area contributed by atoms with Gasteiger partial charge in [0.1, 0.15) is 6.61 Å². The molecule has 2 heterocycles. The second-order valence-corrected chi connectivity index (χ2v) is 6.11. The first-order valence-corrected chi connectivity index (χ1v) is 8.13. The highest BCUT2D eigenvalue weighted by Crippen LogP contribution is 2.24. The molecule has 1 amide bonds. The first-order chi connectivity index (χ1) is 11.1. The molecule has 2 fully saturated rings. The third-order valence-electron chi connectivity index (χ3n) is 4.39. The fraction of sp³-hybridized carbons (Fsp3) is 0.588.